The third kappa shape index (κ3) is 2.77. The maximum absolute atomic E-state index is 11.3. The van der Waals surface area contributed by atoms with Gasteiger partial charge in [-0.3, -0.25) is 14.5 Å². The highest BCUT2D eigenvalue weighted by molar-refractivity contribution is 6.12. The van der Waals surface area contributed by atoms with Crippen molar-refractivity contribution < 1.29 is 14.3 Å². The maximum atomic E-state index is 11.3. The van der Waals surface area contributed by atoms with Crippen molar-refractivity contribution in [2.75, 3.05) is 13.2 Å². The molecular formula is C14H15NO3. The van der Waals surface area contributed by atoms with Gasteiger partial charge in [0.1, 0.15) is 12.4 Å². The summed E-state index contributed by atoms with van der Waals surface area (Å²) in [5.41, 5.74) is 1.20. The molecule has 2 amide bonds. The van der Waals surface area contributed by atoms with Crippen LogP contribution in [0.15, 0.2) is 36.4 Å². The minimum Gasteiger partial charge on any atom is -0.492 e. The van der Waals surface area contributed by atoms with E-state index < -0.39 is 0 Å². The molecule has 0 aliphatic carbocycles. The zero-order valence-corrected chi connectivity index (χ0v) is 10.3. The lowest BCUT2D eigenvalue weighted by Gasteiger charge is -2.14. The molecule has 0 aromatic heterocycles. The zero-order valence-electron chi connectivity index (χ0n) is 10.3. The number of rotatable bonds is 5. The quantitative estimate of drug-likeness (QED) is 0.739. The normalized spacial score (nSPS) is 14.4. The molecule has 4 heteroatoms. The summed E-state index contributed by atoms with van der Waals surface area (Å²) in [6.45, 7) is 2.67. The van der Waals surface area contributed by atoms with Gasteiger partial charge in [-0.25, -0.2) is 0 Å². The molecule has 18 heavy (non-hydrogen) atoms. The first-order valence-electron chi connectivity index (χ1n) is 5.96. The first-order valence-corrected chi connectivity index (χ1v) is 5.96. The van der Waals surface area contributed by atoms with Crippen LogP contribution < -0.4 is 4.74 Å². The fourth-order valence-electron chi connectivity index (χ4n) is 1.76. The number of hydrogen-bond acceptors (Lipinski definition) is 3. The maximum Gasteiger partial charge on any atom is 0.253 e. The molecule has 0 spiro atoms. The number of nitrogens with zero attached hydrogens (tertiary/aromatic N) is 1. The highest BCUT2D eigenvalue weighted by atomic mass is 16.5. The van der Waals surface area contributed by atoms with E-state index in [-0.39, 0.29) is 18.4 Å². The van der Waals surface area contributed by atoms with Crippen molar-refractivity contribution in [1.82, 2.24) is 4.90 Å². The van der Waals surface area contributed by atoms with Crippen molar-refractivity contribution in [3.63, 3.8) is 0 Å². The van der Waals surface area contributed by atoms with Crippen molar-refractivity contribution >= 4 is 11.8 Å². The van der Waals surface area contributed by atoms with Gasteiger partial charge in [0.05, 0.1) is 6.54 Å². The van der Waals surface area contributed by atoms with Gasteiger partial charge in [0.2, 0.25) is 0 Å². The smallest absolute Gasteiger partial charge is 0.253 e. The van der Waals surface area contributed by atoms with Crippen LogP contribution in [0, 0.1) is 0 Å². The van der Waals surface area contributed by atoms with Gasteiger partial charge in [0, 0.05) is 12.2 Å². The molecule has 1 aliphatic rings. The number of benzene rings is 1. The average molecular weight is 245 g/mol. The van der Waals surface area contributed by atoms with Crippen LogP contribution in [0.2, 0.25) is 0 Å². The van der Waals surface area contributed by atoms with Crippen LogP contribution in [-0.4, -0.2) is 29.9 Å². The molecule has 0 fully saturated rings. The molecule has 0 saturated carbocycles. The molecular weight excluding hydrogens is 230 g/mol. The molecule has 1 aromatic rings. The topological polar surface area (TPSA) is 46.6 Å². The van der Waals surface area contributed by atoms with Crippen LogP contribution in [0.1, 0.15) is 12.5 Å². The Morgan fingerprint density at radius 3 is 2.56 bits per heavy atom. The third-order valence-electron chi connectivity index (χ3n) is 2.79. The summed E-state index contributed by atoms with van der Waals surface area (Å²) in [4.78, 5) is 23.8. The zero-order chi connectivity index (χ0) is 13.0. The van der Waals surface area contributed by atoms with Crippen molar-refractivity contribution in [3.8, 4) is 5.75 Å². The summed E-state index contributed by atoms with van der Waals surface area (Å²) >= 11 is 0. The van der Waals surface area contributed by atoms with Crippen LogP contribution >= 0.6 is 0 Å². The van der Waals surface area contributed by atoms with Crippen molar-refractivity contribution in [2.45, 2.75) is 13.3 Å². The monoisotopic (exact) mass is 245 g/mol. The summed E-state index contributed by atoms with van der Waals surface area (Å²) in [5.74, 6) is 0.221. The molecule has 0 unspecified atom stereocenters. The average Bonchev–Trinajstić information content (AvgIpc) is 2.70. The molecule has 1 heterocycles. The van der Waals surface area contributed by atoms with Gasteiger partial charge in [-0.2, -0.15) is 0 Å². The minimum atomic E-state index is -0.272. The molecule has 0 bridgehead atoms. The van der Waals surface area contributed by atoms with Crippen LogP contribution in [0.4, 0.5) is 0 Å². The first kappa shape index (κ1) is 12.4. The second-order valence-electron chi connectivity index (χ2n) is 4.01. The van der Waals surface area contributed by atoms with Crippen LogP contribution in [0.5, 0.6) is 5.75 Å². The van der Waals surface area contributed by atoms with Crippen molar-refractivity contribution in [1.29, 1.82) is 0 Å². The fraction of sp³-hybridized carbons (Fsp3) is 0.286. The fourth-order valence-corrected chi connectivity index (χ4v) is 1.76. The largest absolute Gasteiger partial charge is 0.492 e. The Morgan fingerprint density at radius 2 is 1.89 bits per heavy atom. The number of aryl methyl sites for hydroxylation is 1. The van der Waals surface area contributed by atoms with Gasteiger partial charge in [-0.1, -0.05) is 19.1 Å². The third-order valence-corrected chi connectivity index (χ3v) is 2.79. The van der Waals surface area contributed by atoms with Crippen LogP contribution in [0.25, 0.3) is 0 Å². The Hall–Kier alpha value is -2.10. The van der Waals surface area contributed by atoms with Crippen molar-refractivity contribution in [3.05, 3.63) is 42.0 Å². The molecule has 0 atom stereocenters. The number of carbonyl (C=O) groups excluding carboxylic acids is 2. The number of amides is 2. The van der Waals surface area contributed by atoms with Gasteiger partial charge >= 0.3 is 0 Å². The number of hydrogen-bond donors (Lipinski definition) is 0. The van der Waals surface area contributed by atoms with Gasteiger partial charge in [-0.05, 0) is 24.1 Å². The number of imide groups is 1. The van der Waals surface area contributed by atoms with Gasteiger partial charge in [-0.15, -0.1) is 0 Å². The molecule has 4 nitrogen and oxygen atoms in total. The molecule has 1 aromatic carbocycles. The van der Waals surface area contributed by atoms with E-state index in [2.05, 4.69) is 6.92 Å². The molecule has 0 N–H and O–H groups in total. The van der Waals surface area contributed by atoms with E-state index in [0.29, 0.717) is 6.61 Å². The summed E-state index contributed by atoms with van der Waals surface area (Å²) in [7, 11) is 0. The highest BCUT2D eigenvalue weighted by Crippen LogP contribution is 2.14. The second kappa shape index (κ2) is 5.49. The summed E-state index contributed by atoms with van der Waals surface area (Å²) in [6, 6.07) is 7.79. The van der Waals surface area contributed by atoms with E-state index in [1.54, 1.807) is 0 Å². The predicted molar refractivity (Wildman–Crippen MR) is 67.2 cm³/mol. The predicted octanol–water partition coefficient (Wildman–Crippen LogP) is 1.55. The van der Waals surface area contributed by atoms with E-state index in [1.165, 1.54) is 22.6 Å². The Balaban J connectivity index is 1.85. The summed E-state index contributed by atoms with van der Waals surface area (Å²) in [6.07, 6.45) is 3.50. The second-order valence-corrected chi connectivity index (χ2v) is 4.01. The minimum absolute atomic E-state index is 0.272. The van der Waals surface area contributed by atoms with E-state index >= 15 is 0 Å². The molecule has 0 radical (unpaired) electrons. The molecule has 2 rings (SSSR count). The van der Waals surface area contributed by atoms with Crippen molar-refractivity contribution in [2.24, 2.45) is 0 Å². The lowest BCUT2D eigenvalue weighted by atomic mass is 10.2. The molecule has 1 aliphatic heterocycles. The van der Waals surface area contributed by atoms with Crippen LogP contribution in [0.3, 0.4) is 0 Å². The summed E-state index contributed by atoms with van der Waals surface area (Å²) in [5, 5.41) is 0. The highest BCUT2D eigenvalue weighted by Gasteiger charge is 2.22. The number of ether oxygens (including phenoxy) is 1. The Kier molecular flexibility index (Phi) is 3.77. The summed E-state index contributed by atoms with van der Waals surface area (Å²) < 4.78 is 5.53. The lowest BCUT2D eigenvalue weighted by Crippen LogP contribution is -2.33. The Morgan fingerprint density at radius 1 is 1.17 bits per heavy atom. The van der Waals surface area contributed by atoms with E-state index in [0.717, 1.165) is 12.2 Å². The standard InChI is InChI=1S/C14H15NO3/c1-2-11-4-3-5-12(10-11)18-9-8-15-13(16)6-7-14(15)17/h3-7,10H,2,8-9H2,1H3. The Labute approximate surface area is 106 Å². The van der Waals surface area contributed by atoms with E-state index in [9.17, 15) is 9.59 Å². The molecule has 94 valence electrons. The van der Waals surface area contributed by atoms with Crippen LogP contribution in [-0.2, 0) is 16.0 Å². The van der Waals surface area contributed by atoms with E-state index in [1.807, 2.05) is 24.3 Å². The lowest BCUT2D eigenvalue weighted by molar-refractivity contribution is -0.137. The van der Waals surface area contributed by atoms with Gasteiger partial charge < -0.3 is 4.74 Å². The van der Waals surface area contributed by atoms with E-state index in [4.69, 9.17) is 4.74 Å². The number of carbonyl (C=O) groups is 2. The van der Waals surface area contributed by atoms with Gasteiger partial charge in [0.15, 0.2) is 0 Å². The first-order chi connectivity index (χ1) is 8.70. The SMILES string of the molecule is CCc1cccc(OCCN2C(=O)C=CC2=O)c1. The van der Waals surface area contributed by atoms with Gasteiger partial charge in [0.25, 0.3) is 11.8 Å². The Bertz CT molecular complexity index is 476. The molecule has 0 saturated heterocycles.